The van der Waals surface area contributed by atoms with Crippen LogP contribution in [-0.4, -0.2) is 19.6 Å². The zero-order valence-electron chi connectivity index (χ0n) is 12.2. The van der Waals surface area contributed by atoms with E-state index in [-0.39, 0.29) is 11.9 Å². The zero-order chi connectivity index (χ0) is 14.3. The molecule has 0 aliphatic heterocycles. The van der Waals surface area contributed by atoms with E-state index in [2.05, 4.69) is 5.32 Å². The third-order valence-corrected chi connectivity index (χ3v) is 2.88. The Morgan fingerprint density at radius 2 is 2.21 bits per heavy atom. The molecule has 0 aromatic carbocycles. The highest BCUT2D eigenvalue weighted by atomic mass is 16.5. The Morgan fingerprint density at radius 1 is 1.47 bits per heavy atom. The molecule has 4 nitrogen and oxygen atoms in total. The predicted octanol–water partition coefficient (Wildman–Crippen LogP) is 3.00. The summed E-state index contributed by atoms with van der Waals surface area (Å²) in [6.45, 7) is 6.23. The van der Waals surface area contributed by atoms with E-state index in [0.29, 0.717) is 12.2 Å². The summed E-state index contributed by atoms with van der Waals surface area (Å²) in [5.74, 6) is 1.56. The van der Waals surface area contributed by atoms with Crippen LogP contribution in [0.5, 0.6) is 0 Å². The van der Waals surface area contributed by atoms with Gasteiger partial charge in [-0.2, -0.15) is 0 Å². The van der Waals surface area contributed by atoms with Gasteiger partial charge in [-0.15, -0.1) is 0 Å². The number of furan rings is 1. The molecule has 0 fully saturated rings. The van der Waals surface area contributed by atoms with Crippen molar-refractivity contribution in [2.75, 3.05) is 13.7 Å². The van der Waals surface area contributed by atoms with Gasteiger partial charge >= 0.3 is 0 Å². The fourth-order valence-corrected chi connectivity index (χ4v) is 1.80. The molecule has 0 saturated carbocycles. The first kappa shape index (κ1) is 15.5. The lowest BCUT2D eigenvalue weighted by molar-refractivity contribution is -0.118. The highest BCUT2D eigenvalue weighted by Gasteiger charge is 2.18. The Balaban J connectivity index is 2.77. The molecule has 1 N–H and O–H groups in total. The second-order valence-electron chi connectivity index (χ2n) is 4.43. The number of methoxy groups -OCH3 is 1. The Labute approximate surface area is 114 Å². The van der Waals surface area contributed by atoms with Gasteiger partial charge < -0.3 is 14.5 Å². The molecule has 106 valence electrons. The minimum absolute atomic E-state index is 0.0849. The number of carbonyl (C=O) groups is 1. The summed E-state index contributed by atoms with van der Waals surface area (Å²) >= 11 is 0. The van der Waals surface area contributed by atoms with E-state index >= 15 is 0 Å². The van der Waals surface area contributed by atoms with Gasteiger partial charge in [0, 0.05) is 19.1 Å². The van der Waals surface area contributed by atoms with Crippen molar-refractivity contribution in [2.24, 2.45) is 0 Å². The first-order chi connectivity index (χ1) is 9.12. The molecule has 0 aliphatic rings. The summed E-state index contributed by atoms with van der Waals surface area (Å²) in [6, 6.07) is 3.57. The van der Waals surface area contributed by atoms with Gasteiger partial charge in [0.05, 0.1) is 6.61 Å². The number of nitrogens with one attached hydrogen (secondary N) is 1. The average molecular weight is 265 g/mol. The van der Waals surface area contributed by atoms with Gasteiger partial charge in [0.25, 0.3) is 0 Å². The van der Waals surface area contributed by atoms with Crippen LogP contribution in [0.2, 0.25) is 0 Å². The number of aryl methyl sites for hydroxylation is 1. The lowest BCUT2D eigenvalue weighted by Crippen LogP contribution is -2.31. The van der Waals surface area contributed by atoms with E-state index in [1.807, 2.05) is 39.0 Å². The highest BCUT2D eigenvalue weighted by molar-refractivity contribution is 5.92. The number of amides is 1. The SMILES string of the molecule is CC/C=C(/C)C(=O)N[C@@H](COC)c1ccc(CC)o1. The van der Waals surface area contributed by atoms with Crippen LogP contribution in [0, 0.1) is 0 Å². The number of allylic oxidation sites excluding steroid dienone is 1. The number of hydrogen-bond donors (Lipinski definition) is 1. The molecule has 0 radical (unpaired) electrons. The smallest absolute Gasteiger partial charge is 0.247 e. The number of rotatable bonds is 7. The van der Waals surface area contributed by atoms with Gasteiger partial charge in [0.15, 0.2) is 0 Å². The highest BCUT2D eigenvalue weighted by Crippen LogP contribution is 2.18. The quantitative estimate of drug-likeness (QED) is 0.771. The summed E-state index contributed by atoms with van der Waals surface area (Å²) in [5, 5.41) is 2.93. The molecule has 0 spiro atoms. The van der Waals surface area contributed by atoms with Crippen molar-refractivity contribution in [3.63, 3.8) is 0 Å². The maximum atomic E-state index is 12.0. The van der Waals surface area contributed by atoms with Crippen LogP contribution in [0.1, 0.15) is 44.8 Å². The maximum absolute atomic E-state index is 12.0. The van der Waals surface area contributed by atoms with Crippen LogP contribution in [0.25, 0.3) is 0 Å². The van der Waals surface area contributed by atoms with E-state index in [4.69, 9.17) is 9.15 Å². The number of ether oxygens (including phenoxy) is 1. The molecule has 0 saturated heterocycles. The average Bonchev–Trinajstić information content (AvgIpc) is 2.87. The second-order valence-corrected chi connectivity index (χ2v) is 4.43. The van der Waals surface area contributed by atoms with Gasteiger partial charge in [0.1, 0.15) is 17.6 Å². The monoisotopic (exact) mass is 265 g/mol. The van der Waals surface area contributed by atoms with Gasteiger partial charge in [0.2, 0.25) is 5.91 Å². The molecule has 0 bridgehead atoms. The molecular weight excluding hydrogens is 242 g/mol. The Morgan fingerprint density at radius 3 is 2.74 bits per heavy atom. The summed E-state index contributed by atoms with van der Waals surface area (Å²) in [4.78, 5) is 12.0. The summed E-state index contributed by atoms with van der Waals surface area (Å²) in [5.41, 5.74) is 0.714. The standard InChI is InChI=1S/C15H23NO3/c1-5-7-11(3)15(17)16-13(10-18-4)14-9-8-12(6-2)19-14/h7-9,13H,5-6,10H2,1-4H3,(H,16,17)/b11-7-/t13-/m0/s1. The first-order valence-electron chi connectivity index (χ1n) is 6.67. The normalized spacial score (nSPS) is 13.4. The molecular formula is C15H23NO3. The summed E-state index contributed by atoms with van der Waals surface area (Å²) < 4.78 is 10.8. The van der Waals surface area contributed by atoms with Gasteiger partial charge in [-0.25, -0.2) is 0 Å². The molecule has 1 aromatic rings. The van der Waals surface area contributed by atoms with Crippen molar-refractivity contribution in [1.82, 2.24) is 5.32 Å². The second kappa shape index (κ2) is 7.79. The largest absolute Gasteiger partial charge is 0.464 e. The van der Waals surface area contributed by atoms with Crippen LogP contribution >= 0.6 is 0 Å². The molecule has 4 heteroatoms. The minimum Gasteiger partial charge on any atom is -0.464 e. The number of hydrogen-bond acceptors (Lipinski definition) is 3. The van der Waals surface area contributed by atoms with Crippen LogP contribution in [0.4, 0.5) is 0 Å². The van der Waals surface area contributed by atoms with Crippen LogP contribution in [-0.2, 0) is 16.0 Å². The van der Waals surface area contributed by atoms with E-state index < -0.39 is 0 Å². The third-order valence-electron chi connectivity index (χ3n) is 2.88. The van der Waals surface area contributed by atoms with Crippen molar-refractivity contribution in [1.29, 1.82) is 0 Å². The predicted molar refractivity (Wildman–Crippen MR) is 74.9 cm³/mol. The Bertz CT molecular complexity index is 434. The van der Waals surface area contributed by atoms with E-state index in [1.165, 1.54) is 0 Å². The molecule has 1 heterocycles. The Kier molecular flexibility index (Phi) is 6.36. The van der Waals surface area contributed by atoms with E-state index in [0.717, 1.165) is 24.4 Å². The van der Waals surface area contributed by atoms with Crippen molar-refractivity contribution in [3.8, 4) is 0 Å². The molecule has 1 atom stereocenters. The topological polar surface area (TPSA) is 51.5 Å². The van der Waals surface area contributed by atoms with Crippen LogP contribution < -0.4 is 5.32 Å². The molecule has 0 unspecified atom stereocenters. The van der Waals surface area contributed by atoms with Crippen molar-refractivity contribution in [2.45, 2.75) is 39.7 Å². The van der Waals surface area contributed by atoms with Crippen molar-refractivity contribution >= 4 is 5.91 Å². The molecule has 1 aromatic heterocycles. The van der Waals surface area contributed by atoms with Crippen LogP contribution in [0.15, 0.2) is 28.2 Å². The van der Waals surface area contributed by atoms with Gasteiger partial charge in [-0.05, 0) is 25.5 Å². The molecule has 0 aliphatic carbocycles. The Hall–Kier alpha value is -1.55. The molecule has 19 heavy (non-hydrogen) atoms. The fourth-order valence-electron chi connectivity index (χ4n) is 1.80. The fraction of sp³-hybridized carbons (Fsp3) is 0.533. The number of carbonyl (C=O) groups excluding carboxylic acids is 1. The summed E-state index contributed by atoms with van der Waals surface area (Å²) in [6.07, 6.45) is 3.58. The van der Waals surface area contributed by atoms with Crippen LogP contribution in [0.3, 0.4) is 0 Å². The van der Waals surface area contributed by atoms with Crippen molar-refractivity contribution in [3.05, 3.63) is 35.3 Å². The molecule has 1 amide bonds. The molecule has 1 rings (SSSR count). The van der Waals surface area contributed by atoms with E-state index in [1.54, 1.807) is 7.11 Å². The van der Waals surface area contributed by atoms with Gasteiger partial charge in [-0.1, -0.05) is 19.9 Å². The van der Waals surface area contributed by atoms with Crippen molar-refractivity contribution < 1.29 is 13.9 Å². The summed E-state index contributed by atoms with van der Waals surface area (Å²) in [7, 11) is 1.61. The maximum Gasteiger partial charge on any atom is 0.247 e. The first-order valence-corrected chi connectivity index (χ1v) is 6.67. The third kappa shape index (κ3) is 4.56. The lowest BCUT2D eigenvalue weighted by atomic mass is 10.2. The zero-order valence-corrected chi connectivity index (χ0v) is 12.2. The van der Waals surface area contributed by atoms with E-state index in [9.17, 15) is 4.79 Å². The minimum atomic E-state index is -0.252. The van der Waals surface area contributed by atoms with Gasteiger partial charge in [-0.3, -0.25) is 4.79 Å². The lowest BCUT2D eigenvalue weighted by Gasteiger charge is -2.16.